The van der Waals surface area contributed by atoms with Crippen molar-refractivity contribution in [3.05, 3.63) is 59.2 Å². The van der Waals surface area contributed by atoms with Gasteiger partial charge in [-0.15, -0.1) is 0 Å². The largest absolute Gasteiger partial charge is 0.321 e. The second-order valence-corrected chi connectivity index (χ2v) is 6.73. The number of hydrogen-bond donors (Lipinski definition) is 1. The van der Waals surface area contributed by atoms with Gasteiger partial charge in [-0.25, -0.2) is 8.78 Å². The van der Waals surface area contributed by atoms with E-state index in [1.54, 1.807) is 4.90 Å². The number of para-hydroxylation sites is 2. The lowest BCUT2D eigenvalue weighted by atomic mass is 9.97. The third kappa shape index (κ3) is 4.90. The maximum Gasteiger partial charge on any atom is 0.226 e. The summed E-state index contributed by atoms with van der Waals surface area (Å²) in [6, 6.07) is 9.17. The summed E-state index contributed by atoms with van der Waals surface area (Å²) in [6.07, 6.45) is -0.0841. The smallest absolute Gasteiger partial charge is 0.226 e. The topological polar surface area (TPSA) is 49.4 Å². The lowest BCUT2D eigenvalue weighted by molar-refractivity contribution is -0.117. The summed E-state index contributed by atoms with van der Waals surface area (Å²) in [5, 5.41) is 2.25. The van der Waals surface area contributed by atoms with Gasteiger partial charge in [0.05, 0.1) is 0 Å². The first kappa shape index (κ1) is 20.6. The molecule has 0 saturated carbocycles. The van der Waals surface area contributed by atoms with Crippen LogP contribution in [0.5, 0.6) is 0 Å². The van der Waals surface area contributed by atoms with Crippen molar-refractivity contribution in [3.63, 3.8) is 0 Å². The predicted octanol–water partition coefficient (Wildman–Crippen LogP) is 4.78. The first-order chi connectivity index (χ1) is 12.7. The van der Waals surface area contributed by atoms with Crippen molar-refractivity contribution in [1.29, 1.82) is 0 Å². The van der Waals surface area contributed by atoms with E-state index in [0.29, 0.717) is 0 Å². The first-order valence-electron chi connectivity index (χ1n) is 8.83. The Kier molecular flexibility index (Phi) is 6.66. The monoisotopic (exact) mass is 374 g/mol. The van der Waals surface area contributed by atoms with Crippen molar-refractivity contribution < 1.29 is 18.4 Å². The number of benzene rings is 2. The molecule has 0 spiro atoms. The van der Waals surface area contributed by atoms with Crippen LogP contribution in [-0.4, -0.2) is 18.4 Å². The van der Waals surface area contributed by atoms with Gasteiger partial charge in [0.25, 0.3) is 0 Å². The molecule has 1 N–H and O–H groups in total. The Bertz CT molecular complexity index is 830. The summed E-state index contributed by atoms with van der Waals surface area (Å²) in [7, 11) is 0. The average molecular weight is 374 g/mol. The maximum absolute atomic E-state index is 13.7. The summed E-state index contributed by atoms with van der Waals surface area (Å²) in [4.78, 5) is 26.0. The minimum absolute atomic E-state index is 0.0841. The zero-order chi connectivity index (χ0) is 20.1. The van der Waals surface area contributed by atoms with Crippen LogP contribution in [0.1, 0.15) is 44.2 Å². The molecule has 2 aromatic carbocycles. The van der Waals surface area contributed by atoms with E-state index >= 15 is 0 Å². The fourth-order valence-corrected chi connectivity index (χ4v) is 2.98. The normalized spacial score (nSPS) is 10.8. The van der Waals surface area contributed by atoms with Crippen molar-refractivity contribution in [1.82, 2.24) is 0 Å². The Balaban J connectivity index is 2.19. The van der Waals surface area contributed by atoms with Crippen molar-refractivity contribution in [2.45, 2.75) is 40.0 Å². The van der Waals surface area contributed by atoms with Gasteiger partial charge in [-0.05, 0) is 36.1 Å². The molecule has 6 heteroatoms. The van der Waals surface area contributed by atoms with E-state index in [-0.39, 0.29) is 24.8 Å². The van der Waals surface area contributed by atoms with E-state index in [4.69, 9.17) is 0 Å². The summed E-state index contributed by atoms with van der Waals surface area (Å²) >= 11 is 0. The fourth-order valence-electron chi connectivity index (χ4n) is 2.98. The van der Waals surface area contributed by atoms with Gasteiger partial charge in [0.1, 0.15) is 17.3 Å². The average Bonchev–Trinajstić information content (AvgIpc) is 2.59. The van der Waals surface area contributed by atoms with Crippen LogP contribution in [-0.2, 0) is 9.59 Å². The van der Waals surface area contributed by atoms with Gasteiger partial charge < -0.3 is 10.2 Å². The molecule has 2 amide bonds. The van der Waals surface area contributed by atoms with Crippen LogP contribution < -0.4 is 10.2 Å². The molecule has 0 aliphatic carbocycles. The summed E-state index contributed by atoms with van der Waals surface area (Å²) < 4.78 is 27.4. The molecule has 0 bridgehead atoms. The minimum atomic E-state index is -0.840. The summed E-state index contributed by atoms with van der Waals surface area (Å²) in [5.41, 5.74) is 2.24. The Morgan fingerprint density at radius 2 is 1.67 bits per heavy atom. The standard InChI is InChI=1S/C21H24F2N2O2/c1-13(2)16-8-5-7-14(3)21(16)25(15(4)26)12-11-19(27)24-20-17(22)9-6-10-18(20)23/h5-10,13H,11-12H2,1-4H3,(H,24,27). The highest BCUT2D eigenvalue weighted by atomic mass is 19.1. The van der Waals surface area contributed by atoms with Crippen molar-refractivity contribution in [3.8, 4) is 0 Å². The minimum Gasteiger partial charge on any atom is -0.321 e. The van der Waals surface area contributed by atoms with E-state index in [1.807, 2.05) is 39.0 Å². The molecular weight excluding hydrogens is 350 g/mol. The van der Waals surface area contributed by atoms with Crippen LogP contribution in [0.2, 0.25) is 0 Å². The number of rotatable bonds is 6. The highest BCUT2D eigenvalue weighted by Crippen LogP contribution is 2.31. The van der Waals surface area contributed by atoms with E-state index in [1.165, 1.54) is 13.0 Å². The number of hydrogen-bond acceptors (Lipinski definition) is 2. The van der Waals surface area contributed by atoms with Gasteiger partial charge in [-0.1, -0.05) is 38.1 Å². The molecule has 0 saturated heterocycles. The van der Waals surface area contributed by atoms with Crippen LogP contribution in [0.3, 0.4) is 0 Å². The van der Waals surface area contributed by atoms with Gasteiger partial charge in [-0.2, -0.15) is 0 Å². The number of aryl methyl sites for hydroxylation is 1. The number of carbonyl (C=O) groups excluding carboxylic acids is 2. The molecule has 0 fully saturated rings. The number of carbonyl (C=O) groups is 2. The Hall–Kier alpha value is -2.76. The molecule has 27 heavy (non-hydrogen) atoms. The summed E-state index contributed by atoms with van der Waals surface area (Å²) in [6.45, 7) is 7.52. The Morgan fingerprint density at radius 3 is 2.22 bits per heavy atom. The molecule has 0 heterocycles. The Labute approximate surface area is 158 Å². The van der Waals surface area contributed by atoms with Gasteiger partial charge in [0.15, 0.2) is 0 Å². The number of halogens is 2. The van der Waals surface area contributed by atoms with Crippen LogP contribution in [0.15, 0.2) is 36.4 Å². The number of amides is 2. The third-order valence-electron chi connectivity index (χ3n) is 4.33. The van der Waals surface area contributed by atoms with E-state index < -0.39 is 23.2 Å². The second-order valence-electron chi connectivity index (χ2n) is 6.73. The Morgan fingerprint density at radius 1 is 1.07 bits per heavy atom. The lowest BCUT2D eigenvalue weighted by Gasteiger charge is -2.27. The van der Waals surface area contributed by atoms with Crippen LogP contribution in [0.25, 0.3) is 0 Å². The highest BCUT2D eigenvalue weighted by molar-refractivity contribution is 5.96. The van der Waals surface area contributed by atoms with Crippen molar-refractivity contribution in [2.75, 3.05) is 16.8 Å². The van der Waals surface area contributed by atoms with E-state index in [0.717, 1.165) is 28.9 Å². The zero-order valence-corrected chi connectivity index (χ0v) is 16.0. The molecule has 144 valence electrons. The van der Waals surface area contributed by atoms with E-state index in [2.05, 4.69) is 5.32 Å². The highest BCUT2D eigenvalue weighted by Gasteiger charge is 2.20. The van der Waals surface area contributed by atoms with Gasteiger partial charge in [-0.3, -0.25) is 9.59 Å². The van der Waals surface area contributed by atoms with Crippen molar-refractivity contribution >= 4 is 23.2 Å². The molecule has 2 aromatic rings. The molecule has 0 atom stereocenters. The SMILES string of the molecule is CC(=O)N(CCC(=O)Nc1c(F)cccc1F)c1c(C)cccc1C(C)C. The summed E-state index contributed by atoms with van der Waals surface area (Å²) in [5.74, 6) is -2.25. The number of nitrogens with one attached hydrogen (secondary N) is 1. The molecular formula is C21H24F2N2O2. The predicted molar refractivity (Wildman–Crippen MR) is 103 cm³/mol. The molecule has 0 aliphatic rings. The quantitative estimate of drug-likeness (QED) is 0.791. The molecule has 0 aromatic heterocycles. The number of anilines is 2. The molecule has 0 radical (unpaired) electrons. The van der Waals surface area contributed by atoms with E-state index in [9.17, 15) is 18.4 Å². The van der Waals surface area contributed by atoms with Crippen LogP contribution in [0.4, 0.5) is 20.2 Å². The van der Waals surface area contributed by atoms with Crippen LogP contribution >= 0.6 is 0 Å². The second kappa shape index (κ2) is 8.75. The zero-order valence-electron chi connectivity index (χ0n) is 16.0. The molecule has 0 aliphatic heterocycles. The number of nitrogens with zero attached hydrogens (tertiary/aromatic N) is 1. The molecule has 4 nitrogen and oxygen atoms in total. The molecule has 0 unspecified atom stereocenters. The van der Waals surface area contributed by atoms with Gasteiger partial charge >= 0.3 is 0 Å². The first-order valence-corrected chi connectivity index (χ1v) is 8.83. The lowest BCUT2D eigenvalue weighted by Crippen LogP contribution is -2.33. The molecule has 2 rings (SSSR count). The van der Waals surface area contributed by atoms with Gasteiger partial charge in [0, 0.05) is 25.6 Å². The van der Waals surface area contributed by atoms with Crippen molar-refractivity contribution in [2.24, 2.45) is 0 Å². The maximum atomic E-state index is 13.7. The van der Waals surface area contributed by atoms with Gasteiger partial charge in [0.2, 0.25) is 11.8 Å². The fraction of sp³-hybridized carbons (Fsp3) is 0.333. The van der Waals surface area contributed by atoms with Crippen LogP contribution in [0, 0.1) is 18.6 Å². The third-order valence-corrected chi connectivity index (χ3v) is 4.33.